The van der Waals surface area contributed by atoms with Crippen LogP contribution in [0, 0.1) is 0 Å². The van der Waals surface area contributed by atoms with Crippen molar-refractivity contribution in [3.63, 3.8) is 0 Å². The first kappa shape index (κ1) is 14.5. The zero-order chi connectivity index (χ0) is 14.7. The number of nitrogens with one attached hydrogen (secondary N) is 1. The Morgan fingerprint density at radius 3 is 2.76 bits per heavy atom. The molecule has 6 heteroatoms. The molecule has 0 spiro atoms. The van der Waals surface area contributed by atoms with E-state index in [-0.39, 0.29) is 12.3 Å². The highest BCUT2D eigenvalue weighted by Crippen LogP contribution is 2.21. The maximum absolute atomic E-state index is 12.1. The van der Waals surface area contributed by atoms with Gasteiger partial charge in [0.25, 0.3) is 0 Å². The second kappa shape index (κ2) is 6.54. The Balaban J connectivity index is 1.51. The van der Waals surface area contributed by atoms with E-state index in [1.54, 1.807) is 0 Å². The summed E-state index contributed by atoms with van der Waals surface area (Å²) in [5, 5.41) is 3.68. The highest BCUT2D eigenvalue weighted by molar-refractivity contribution is 6.30. The molecule has 0 aromatic heterocycles. The number of ether oxygens (including phenoxy) is 1. The van der Waals surface area contributed by atoms with Crippen molar-refractivity contribution in [2.75, 3.05) is 37.7 Å². The van der Waals surface area contributed by atoms with Crippen LogP contribution >= 0.6 is 11.6 Å². The molecule has 114 valence electrons. The predicted octanol–water partition coefficient (Wildman–Crippen LogP) is 2.31. The lowest BCUT2D eigenvalue weighted by molar-refractivity contribution is 0.0831. The molecule has 0 bridgehead atoms. The van der Waals surface area contributed by atoms with Gasteiger partial charge >= 0.3 is 6.03 Å². The minimum Gasteiger partial charge on any atom is -0.368 e. The fourth-order valence-electron chi connectivity index (χ4n) is 2.76. The zero-order valence-corrected chi connectivity index (χ0v) is 12.7. The van der Waals surface area contributed by atoms with Gasteiger partial charge in [0.1, 0.15) is 6.23 Å². The van der Waals surface area contributed by atoms with Gasteiger partial charge in [0, 0.05) is 43.5 Å². The molecule has 0 saturated carbocycles. The van der Waals surface area contributed by atoms with E-state index in [9.17, 15) is 4.79 Å². The van der Waals surface area contributed by atoms with Crippen LogP contribution in [0.5, 0.6) is 0 Å². The summed E-state index contributed by atoms with van der Waals surface area (Å²) in [5.74, 6) is 0. The Morgan fingerprint density at radius 2 is 2.10 bits per heavy atom. The summed E-state index contributed by atoms with van der Waals surface area (Å²) in [6.07, 6.45) is 1.82. The van der Waals surface area contributed by atoms with Gasteiger partial charge in [-0.15, -0.1) is 0 Å². The van der Waals surface area contributed by atoms with Gasteiger partial charge in [-0.05, 0) is 31.0 Å². The number of carbonyl (C=O) groups is 1. The SMILES string of the molecule is O=C(NC1CCCO1)N1CCN(c2cccc(Cl)c2)CC1. The molecule has 2 aliphatic heterocycles. The van der Waals surface area contributed by atoms with E-state index in [1.807, 2.05) is 29.2 Å². The summed E-state index contributed by atoms with van der Waals surface area (Å²) in [6.45, 7) is 3.81. The topological polar surface area (TPSA) is 44.8 Å². The quantitative estimate of drug-likeness (QED) is 0.912. The van der Waals surface area contributed by atoms with Crippen molar-refractivity contribution in [1.82, 2.24) is 10.2 Å². The van der Waals surface area contributed by atoms with Gasteiger partial charge in [0.05, 0.1) is 0 Å². The minimum absolute atomic E-state index is 0.0207. The van der Waals surface area contributed by atoms with Crippen molar-refractivity contribution in [2.45, 2.75) is 19.1 Å². The van der Waals surface area contributed by atoms with Crippen molar-refractivity contribution in [3.8, 4) is 0 Å². The first-order chi connectivity index (χ1) is 10.2. The maximum Gasteiger partial charge on any atom is 0.319 e. The molecular weight excluding hydrogens is 290 g/mol. The number of urea groups is 1. The molecule has 1 aromatic carbocycles. The number of anilines is 1. The Labute approximate surface area is 129 Å². The van der Waals surface area contributed by atoms with Crippen LogP contribution in [0.4, 0.5) is 10.5 Å². The van der Waals surface area contributed by atoms with E-state index in [0.29, 0.717) is 13.1 Å². The predicted molar refractivity (Wildman–Crippen MR) is 82.7 cm³/mol. The number of piperazine rings is 1. The van der Waals surface area contributed by atoms with Crippen molar-refractivity contribution in [3.05, 3.63) is 29.3 Å². The zero-order valence-electron chi connectivity index (χ0n) is 11.9. The normalized spacial score (nSPS) is 22.4. The maximum atomic E-state index is 12.1. The van der Waals surface area contributed by atoms with E-state index in [2.05, 4.69) is 10.2 Å². The van der Waals surface area contributed by atoms with Gasteiger partial charge in [-0.2, -0.15) is 0 Å². The Kier molecular flexibility index (Phi) is 4.51. The van der Waals surface area contributed by atoms with Crippen molar-refractivity contribution in [2.24, 2.45) is 0 Å². The van der Waals surface area contributed by atoms with E-state index in [0.717, 1.165) is 43.2 Å². The van der Waals surface area contributed by atoms with Crippen LogP contribution in [0.2, 0.25) is 5.02 Å². The van der Waals surface area contributed by atoms with Gasteiger partial charge in [-0.3, -0.25) is 0 Å². The van der Waals surface area contributed by atoms with Crippen LogP contribution in [-0.2, 0) is 4.74 Å². The van der Waals surface area contributed by atoms with Crippen LogP contribution in [-0.4, -0.2) is 49.9 Å². The Morgan fingerprint density at radius 1 is 1.29 bits per heavy atom. The molecule has 2 aliphatic rings. The van der Waals surface area contributed by atoms with Crippen LogP contribution < -0.4 is 10.2 Å². The molecule has 3 rings (SSSR count). The lowest BCUT2D eigenvalue weighted by Crippen LogP contribution is -2.53. The molecule has 2 fully saturated rings. The lowest BCUT2D eigenvalue weighted by atomic mass is 10.2. The van der Waals surface area contributed by atoms with Crippen molar-refractivity contribution < 1.29 is 9.53 Å². The van der Waals surface area contributed by atoms with E-state index in [4.69, 9.17) is 16.3 Å². The summed E-state index contributed by atoms with van der Waals surface area (Å²) in [7, 11) is 0. The monoisotopic (exact) mass is 309 g/mol. The summed E-state index contributed by atoms with van der Waals surface area (Å²) in [5.41, 5.74) is 1.11. The first-order valence-corrected chi connectivity index (χ1v) is 7.78. The molecule has 2 saturated heterocycles. The highest BCUT2D eigenvalue weighted by atomic mass is 35.5. The Hall–Kier alpha value is -1.46. The van der Waals surface area contributed by atoms with Gasteiger partial charge < -0.3 is 19.9 Å². The van der Waals surface area contributed by atoms with Gasteiger partial charge in [0.15, 0.2) is 0 Å². The third-order valence-corrected chi connectivity index (χ3v) is 4.19. The number of benzene rings is 1. The second-order valence-electron chi connectivity index (χ2n) is 5.41. The summed E-state index contributed by atoms with van der Waals surface area (Å²) in [6, 6.07) is 7.81. The second-order valence-corrected chi connectivity index (χ2v) is 5.84. The largest absolute Gasteiger partial charge is 0.368 e. The smallest absolute Gasteiger partial charge is 0.319 e. The molecule has 2 heterocycles. The fourth-order valence-corrected chi connectivity index (χ4v) is 2.95. The third-order valence-electron chi connectivity index (χ3n) is 3.95. The van der Waals surface area contributed by atoms with Crippen LogP contribution in [0.1, 0.15) is 12.8 Å². The Bertz CT molecular complexity index is 497. The molecule has 1 atom stereocenters. The number of carbonyl (C=O) groups excluding carboxylic acids is 1. The molecule has 0 aliphatic carbocycles. The highest BCUT2D eigenvalue weighted by Gasteiger charge is 2.24. The molecule has 2 amide bonds. The van der Waals surface area contributed by atoms with Crippen LogP contribution in [0.3, 0.4) is 0 Å². The lowest BCUT2D eigenvalue weighted by Gasteiger charge is -2.36. The van der Waals surface area contributed by atoms with Crippen LogP contribution in [0.15, 0.2) is 24.3 Å². The van der Waals surface area contributed by atoms with E-state index in [1.165, 1.54) is 0 Å². The molecule has 1 aromatic rings. The number of rotatable bonds is 2. The number of hydrogen-bond donors (Lipinski definition) is 1. The first-order valence-electron chi connectivity index (χ1n) is 7.40. The number of halogens is 1. The molecule has 1 unspecified atom stereocenters. The third kappa shape index (κ3) is 3.60. The van der Waals surface area contributed by atoms with Crippen LogP contribution in [0.25, 0.3) is 0 Å². The standard InChI is InChI=1S/C15H20ClN3O2/c16-12-3-1-4-13(11-12)18-6-8-19(9-7-18)15(20)17-14-5-2-10-21-14/h1,3-4,11,14H,2,5-10H2,(H,17,20). The van der Waals surface area contributed by atoms with Gasteiger partial charge in [-0.1, -0.05) is 17.7 Å². The van der Waals surface area contributed by atoms with Gasteiger partial charge in [0.2, 0.25) is 0 Å². The summed E-state index contributed by atoms with van der Waals surface area (Å²) in [4.78, 5) is 16.2. The van der Waals surface area contributed by atoms with Crippen molar-refractivity contribution >= 4 is 23.3 Å². The number of nitrogens with zero attached hydrogens (tertiary/aromatic N) is 2. The molecule has 1 N–H and O–H groups in total. The average Bonchev–Trinajstić information content (AvgIpc) is 3.00. The van der Waals surface area contributed by atoms with Crippen molar-refractivity contribution in [1.29, 1.82) is 0 Å². The minimum atomic E-state index is -0.108. The fraction of sp³-hybridized carbons (Fsp3) is 0.533. The number of hydrogen-bond acceptors (Lipinski definition) is 3. The molecular formula is C15H20ClN3O2. The van der Waals surface area contributed by atoms with Gasteiger partial charge in [-0.25, -0.2) is 4.79 Å². The average molecular weight is 310 g/mol. The molecule has 5 nitrogen and oxygen atoms in total. The van der Waals surface area contributed by atoms with E-state index >= 15 is 0 Å². The molecule has 0 radical (unpaired) electrons. The number of amides is 2. The molecule has 21 heavy (non-hydrogen) atoms. The van der Waals surface area contributed by atoms with E-state index < -0.39 is 0 Å². The summed E-state index contributed by atoms with van der Waals surface area (Å²) < 4.78 is 5.43. The summed E-state index contributed by atoms with van der Waals surface area (Å²) >= 11 is 6.02.